The van der Waals surface area contributed by atoms with Gasteiger partial charge in [-0.25, -0.2) is 5.01 Å². The van der Waals surface area contributed by atoms with E-state index in [0.717, 1.165) is 12.0 Å². The molecule has 0 unspecified atom stereocenters. The molecule has 2 aliphatic carbocycles. The van der Waals surface area contributed by atoms with E-state index in [1.54, 1.807) is 23.2 Å². The second kappa shape index (κ2) is 6.44. The molecular formula is C22H19N5O4. The van der Waals surface area contributed by atoms with Crippen molar-refractivity contribution in [1.82, 2.24) is 4.90 Å². The summed E-state index contributed by atoms with van der Waals surface area (Å²) in [5, 5.41) is 21.8. The first kappa shape index (κ1) is 18.2. The van der Waals surface area contributed by atoms with Crippen molar-refractivity contribution in [3.05, 3.63) is 70.3 Å². The normalized spacial score (nSPS) is 32.6. The lowest BCUT2D eigenvalue weighted by Crippen LogP contribution is -2.47. The van der Waals surface area contributed by atoms with Crippen LogP contribution in [-0.4, -0.2) is 33.7 Å². The third kappa shape index (κ3) is 2.43. The maximum Gasteiger partial charge on any atom is 0.294 e. The zero-order valence-electron chi connectivity index (χ0n) is 16.4. The Labute approximate surface area is 177 Å². The molecule has 2 aliphatic heterocycles. The molecule has 2 amide bonds. The summed E-state index contributed by atoms with van der Waals surface area (Å²) in [4.78, 5) is 39.0. The molecule has 156 valence electrons. The van der Waals surface area contributed by atoms with Gasteiger partial charge in [0, 0.05) is 6.07 Å². The fourth-order valence-electron chi connectivity index (χ4n) is 6.09. The first-order valence-electron chi connectivity index (χ1n) is 10.4. The van der Waals surface area contributed by atoms with Crippen LogP contribution in [0.3, 0.4) is 0 Å². The molecule has 3 fully saturated rings. The summed E-state index contributed by atoms with van der Waals surface area (Å²) in [6.07, 6.45) is 0.720. The van der Waals surface area contributed by atoms with Crippen LogP contribution in [0.25, 0.3) is 0 Å². The maximum absolute atomic E-state index is 13.3. The van der Waals surface area contributed by atoms with Crippen LogP contribution in [-0.2, 0) is 16.1 Å². The highest BCUT2D eigenvalue weighted by atomic mass is 16.6. The average molecular weight is 417 g/mol. The van der Waals surface area contributed by atoms with Gasteiger partial charge in [0.2, 0.25) is 11.8 Å². The summed E-state index contributed by atoms with van der Waals surface area (Å²) < 4.78 is 0. The molecule has 6 rings (SSSR count). The minimum absolute atomic E-state index is 0.0408. The molecule has 2 saturated carbocycles. The van der Waals surface area contributed by atoms with Crippen LogP contribution in [0.5, 0.6) is 0 Å². The molecular weight excluding hydrogens is 398 g/mol. The smallest absolute Gasteiger partial charge is 0.278 e. The van der Waals surface area contributed by atoms with E-state index in [1.165, 1.54) is 11.0 Å². The molecule has 0 aromatic heterocycles. The van der Waals surface area contributed by atoms with Gasteiger partial charge in [0.25, 0.3) is 5.69 Å². The number of fused-ring (bicyclic) bond motifs is 8. The quantitative estimate of drug-likeness (QED) is 0.432. The topological polar surface area (TPSA) is 108 Å². The highest BCUT2D eigenvalue weighted by molar-refractivity contribution is 6.06. The number of imide groups is 1. The van der Waals surface area contributed by atoms with Gasteiger partial charge < -0.3 is 0 Å². The lowest BCUT2D eigenvalue weighted by molar-refractivity contribution is -0.384. The molecule has 2 bridgehead atoms. The van der Waals surface area contributed by atoms with Gasteiger partial charge in [-0.05, 0) is 29.9 Å². The van der Waals surface area contributed by atoms with E-state index in [4.69, 9.17) is 0 Å². The van der Waals surface area contributed by atoms with Crippen molar-refractivity contribution in [2.24, 2.45) is 34.0 Å². The maximum atomic E-state index is 13.3. The van der Waals surface area contributed by atoms with E-state index in [2.05, 4.69) is 10.3 Å². The minimum atomic E-state index is -0.431. The number of nitrogens with zero attached hydrogens (tertiary/aromatic N) is 5. The molecule has 9 heteroatoms. The Morgan fingerprint density at radius 1 is 0.968 bits per heavy atom. The van der Waals surface area contributed by atoms with Crippen molar-refractivity contribution in [1.29, 1.82) is 0 Å². The predicted molar refractivity (Wildman–Crippen MR) is 109 cm³/mol. The lowest BCUT2D eigenvalue weighted by atomic mass is 9.76. The van der Waals surface area contributed by atoms with Crippen molar-refractivity contribution < 1.29 is 14.5 Å². The molecule has 2 aromatic carbocycles. The van der Waals surface area contributed by atoms with Gasteiger partial charge in [-0.15, -0.1) is 0 Å². The van der Waals surface area contributed by atoms with Crippen molar-refractivity contribution in [3.63, 3.8) is 0 Å². The Balaban J connectivity index is 1.32. The number of nitro benzene ring substituents is 1. The summed E-state index contributed by atoms with van der Waals surface area (Å²) in [5.41, 5.74) is 1.25. The van der Waals surface area contributed by atoms with Gasteiger partial charge in [0.15, 0.2) is 0 Å². The number of carbonyl (C=O) groups excluding carboxylic acids is 2. The average Bonchev–Trinajstić information content (AvgIpc) is 3.51. The largest absolute Gasteiger partial charge is 0.294 e. The van der Waals surface area contributed by atoms with Crippen LogP contribution in [0.4, 0.5) is 11.4 Å². The summed E-state index contributed by atoms with van der Waals surface area (Å²) in [7, 11) is 0. The van der Waals surface area contributed by atoms with Gasteiger partial charge in [0.05, 0.1) is 35.4 Å². The number of hydrogen-bond acceptors (Lipinski definition) is 7. The molecule has 2 aromatic rings. The number of rotatable bonds is 4. The number of benzene rings is 2. The van der Waals surface area contributed by atoms with E-state index in [1.807, 2.05) is 30.3 Å². The highest BCUT2D eigenvalue weighted by Crippen LogP contribution is 2.60. The summed E-state index contributed by atoms with van der Waals surface area (Å²) in [6, 6.07) is 15.5. The van der Waals surface area contributed by atoms with Crippen LogP contribution >= 0.6 is 0 Å². The van der Waals surface area contributed by atoms with Crippen molar-refractivity contribution in [3.8, 4) is 0 Å². The predicted octanol–water partition coefficient (Wildman–Crippen LogP) is 2.97. The Morgan fingerprint density at radius 3 is 2.39 bits per heavy atom. The van der Waals surface area contributed by atoms with E-state index >= 15 is 0 Å². The molecule has 31 heavy (non-hydrogen) atoms. The van der Waals surface area contributed by atoms with Crippen LogP contribution in [0, 0.1) is 33.8 Å². The molecule has 0 N–H and O–H groups in total. The van der Waals surface area contributed by atoms with Crippen LogP contribution in [0.1, 0.15) is 12.0 Å². The summed E-state index contributed by atoms with van der Waals surface area (Å²) >= 11 is 0. The molecule has 0 spiro atoms. The van der Waals surface area contributed by atoms with Crippen LogP contribution in [0.2, 0.25) is 0 Å². The molecule has 4 aliphatic rings. The van der Waals surface area contributed by atoms with E-state index in [0.29, 0.717) is 5.69 Å². The first-order valence-corrected chi connectivity index (χ1v) is 10.4. The minimum Gasteiger partial charge on any atom is -0.278 e. The Kier molecular flexibility index (Phi) is 3.77. The molecule has 2 heterocycles. The first-order chi connectivity index (χ1) is 15.1. The van der Waals surface area contributed by atoms with Gasteiger partial charge in [-0.2, -0.15) is 5.11 Å². The third-order valence-electron chi connectivity index (χ3n) is 7.26. The lowest BCUT2D eigenvalue weighted by Gasteiger charge is -2.33. The number of anilines is 1. The van der Waals surface area contributed by atoms with E-state index in [-0.39, 0.29) is 53.9 Å². The molecule has 1 saturated heterocycles. The molecule has 6 atom stereocenters. The highest BCUT2D eigenvalue weighted by Gasteiger charge is 2.70. The van der Waals surface area contributed by atoms with Gasteiger partial charge in [-0.3, -0.25) is 24.6 Å². The van der Waals surface area contributed by atoms with E-state index in [9.17, 15) is 19.7 Å². The zero-order valence-corrected chi connectivity index (χ0v) is 16.4. The fraction of sp³-hybridized carbons (Fsp3) is 0.364. The van der Waals surface area contributed by atoms with Crippen molar-refractivity contribution in [2.45, 2.75) is 25.0 Å². The number of amides is 2. The van der Waals surface area contributed by atoms with Crippen LogP contribution < -0.4 is 5.01 Å². The summed E-state index contributed by atoms with van der Waals surface area (Å²) in [6.45, 7) is 0.273. The summed E-state index contributed by atoms with van der Waals surface area (Å²) in [5.74, 6) is -1.20. The second-order valence-electron chi connectivity index (χ2n) is 8.64. The Bertz CT molecular complexity index is 1140. The molecule has 9 nitrogen and oxygen atoms in total. The Hall–Kier alpha value is -3.62. The van der Waals surface area contributed by atoms with Gasteiger partial charge in [0.1, 0.15) is 5.69 Å². The van der Waals surface area contributed by atoms with E-state index < -0.39 is 10.8 Å². The molecule has 0 radical (unpaired) electrons. The SMILES string of the molecule is O=C1[C@@H]2[C@@H]3C[C@H]([C@@H]2C(=O)N1Cc1ccccc1)[C@@H]1[C@@H]3N=NN1c1ccccc1[N+](=O)[O-]. The number of nitro groups is 1. The van der Waals surface area contributed by atoms with Crippen molar-refractivity contribution >= 4 is 23.2 Å². The third-order valence-corrected chi connectivity index (χ3v) is 7.26. The second-order valence-corrected chi connectivity index (χ2v) is 8.64. The monoisotopic (exact) mass is 417 g/mol. The standard InChI is InChI=1S/C22H19N5O4/c28-21-17-13-10-14(18(17)22(29)25(21)11-12-6-2-1-3-7-12)20-19(13)23-24-26(20)15-8-4-5-9-16(15)27(30)31/h1-9,13-14,17-20H,10-11H2/t13-,14+,17+,18-,19+,20+/m0/s1. The van der Waals surface area contributed by atoms with Crippen molar-refractivity contribution in [2.75, 3.05) is 5.01 Å². The Morgan fingerprint density at radius 2 is 1.65 bits per heavy atom. The van der Waals surface area contributed by atoms with Gasteiger partial charge >= 0.3 is 0 Å². The van der Waals surface area contributed by atoms with Gasteiger partial charge in [-0.1, -0.05) is 47.7 Å². The zero-order chi connectivity index (χ0) is 21.3. The number of hydrogen-bond donors (Lipinski definition) is 0. The number of para-hydroxylation sites is 2. The number of likely N-dealkylation sites (tertiary alicyclic amines) is 1. The number of carbonyl (C=O) groups is 2. The fourth-order valence-corrected chi connectivity index (χ4v) is 6.09. The van der Waals surface area contributed by atoms with Crippen LogP contribution in [0.15, 0.2) is 64.9 Å².